The topological polar surface area (TPSA) is 68.0 Å². The third-order valence-corrected chi connectivity index (χ3v) is 4.97. The first-order chi connectivity index (χ1) is 10.1. The summed E-state index contributed by atoms with van der Waals surface area (Å²) in [5.41, 5.74) is 8.34. The van der Waals surface area contributed by atoms with E-state index in [0.717, 1.165) is 47.6 Å². The summed E-state index contributed by atoms with van der Waals surface area (Å²) in [5.74, 6) is -0.0714. The van der Waals surface area contributed by atoms with E-state index in [1.54, 1.807) is 11.3 Å². The van der Waals surface area contributed by atoms with Crippen molar-refractivity contribution in [3.8, 4) is 10.6 Å². The second-order valence-electron chi connectivity index (χ2n) is 5.69. The van der Waals surface area contributed by atoms with Gasteiger partial charge in [0.25, 0.3) is 0 Å². The Morgan fingerprint density at radius 2 is 1.91 bits per heavy atom. The van der Waals surface area contributed by atoms with E-state index in [4.69, 9.17) is 5.73 Å². The van der Waals surface area contributed by atoms with Gasteiger partial charge in [0, 0.05) is 22.3 Å². The molecule has 0 unspecified atom stereocenters. The van der Waals surface area contributed by atoms with Crippen molar-refractivity contribution in [1.82, 2.24) is 4.98 Å². The Hall–Kier alpha value is -1.43. The fraction of sp³-hybridized carbons (Fsp3) is 0.375. The molecule has 0 bridgehead atoms. The summed E-state index contributed by atoms with van der Waals surface area (Å²) in [5, 5.41) is 5.96. The van der Waals surface area contributed by atoms with Gasteiger partial charge in [-0.25, -0.2) is 4.98 Å². The van der Waals surface area contributed by atoms with E-state index in [-0.39, 0.29) is 18.3 Å². The summed E-state index contributed by atoms with van der Waals surface area (Å²) in [6.07, 6.45) is 3.61. The number of thiazole rings is 1. The normalized spacial score (nSPS) is 16.1. The van der Waals surface area contributed by atoms with Gasteiger partial charge >= 0.3 is 0 Å². The monoisotopic (exact) mass is 337 g/mol. The number of halogens is 1. The lowest BCUT2D eigenvalue weighted by molar-refractivity contribution is -0.121. The fourth-order valence-corrected chi connectivity index (χ4v) is 3.47. The molecule has 1 aromatic carbocycles. The molecule has 1 aliphatic rings. The lowest BCUT2D eigenvalue weighted by Gasteiger charge is -2.22. The molecule has 1 aliphatic carbocycles. The number of hydrogen-bond donors (Lipinski definition) is 2. The van der Waals surface area contributed by atoms with Crippen molar-refractivity contribution in [2.45, 2.75) is 38.1 Å². The molecule has 0 radical (unpaired) electrons. The van der Waals surface area contributed by atoms with Crippen LogP contribution in [0.15, 0.2) is 29.6 Å². The highest BCUT2D eigenvalue weighted by Crippen LogP contribution is 2.29. The van der Waals surface area contributed by atoms with Gasteiger partial charge in [0.2, 0.25) is 5.91 Å². The summed E-state index contributed by atoms with van der Waals surface area (Å²) in [6, 6.07) is 7.77. The first-order valence-corrected chi connectivity index (χ1v) is 8.08. The first-order valence-electron chi connectivity index (χ1n) is 7.20. The molecule has 6 heteroatoms. The number of nitrogens with one attached hydrogen (secondary N) is 1. The average molecular weight is 338 g/mol. The number of carbonyl (C=O) groups excluding carboxylic acids is 1. The van der Waals surface area contributed by atoms with Crippen molar-refractivity contribution >= 4 is 35.3 Å². The summed E-state index contributed by atoms with van der Waals surface area (Å²) in [6.45, 7) is 1.98. The molecule has 1 aromatic heterocycles. The van der Waals surface area contributed by atoms with Crippen LogP contribution in [0.1, 0.15) is 31.4 Å². The predicted octanol–water partition coefficient (Wildman–Crippen LogP) is 3.75. The zero-order valence-corrected chi connectivity index (χ0v) is 14.1. The summed E-state index contributed by atoms with van der Waals surface area (Å²) >= 11 is 1.62. The quantitative estimate of drug-likeness (QED) is 0.896. The Balaban J connectivity index is 0.00000176. The number of hydrogen-bond acceptors (Lipinski definition) is 4. The van der Waals surface area contributed by atoms with Gasteiger partial charge in [-0.15, -0.1) is 23.7 Å². The van der Waals surface area contributed by atoms with Gasteiger partial charge in [0.15, 0.2) is 0 Å². The van der Waals surface area contributed by atoms with Crippen LogP contribution in [0.25, 0.3) is 10.6 Å². The third kappa shape index (κ3) is 3.48. The maximum atomic E-state index is 12.2. The number of nitrogens with two attached hydrogens (primary N) is 1. The van der Waals surface area contributed by atoms with Crippen LogP contribution >= 0.6 is 23.7 Å². The standard InChI is InChI=1S/C16H19N3OS.ClH/c1-11-10-21-14(18-11)12-4-6-13(7-5-12)19-15(20)16(17)8-2-3-9-16;/h4-7,10H,2-3,8-9,17H2,1H3,(H,19,20);1H. The molecule has 2 aromatic rings. The van der Waals surface area contributed by atoms with E-state index < -0.39 is 5.54 Å². The molecule has 22 heavy (non-hydrogen) atoms. The molecular weight excluding hydrogens is 318 g/mol. The number of rotatable bonds is 3. The second kappa shape index (κ2) is 6.77. The van der Waals surface area contributed by atoms with Crippen LogP contribution in [-0.4, -0.2) is 16.4 Å². The first kappa shape index (κ1) is 16.9. The molecule has 3 rings (SSSR count). The van der Waals surface area contributed by atoms with Gasteiger partial charge in [-0.2, -0.15) is 0 Å². The van der Waals surface area contributed by atoms with Crippen LogP contribution < -0.4 is 11.1 Å². The van der Waals surface area contributed by atoms with Crippen molar-refractivity contribution < 1.29 is 4.79 Å². The smallest absolute Gasteiger partial charge is 0.244 e. The van der Waals surface area contributed by atoms with Gasteiger partial charge in [0.1, 0.15) is 5.01 Å². The van der Waals surface area contributed by atoms with Gasteiger partial charge in [-0.3, -0.25) is 4.79 Å². The number of nitrogens with zero attached hydrogens (tertiary/aromatic N) is 1. The van der Waals surface area contributed by atoms with E-state index in [2.05, 4.69) is 10.3 Å². The third-order valence-electron chi connectivity index (χ3n) is 3.96. The van der Waals surface area contributed by atoms with Crippen LogP contribution in [0.5, 0.6) is 0 Å². The van der Waals surface area contributed by atoms with E-state index in [1.165, 1.54) is 0 Å². The molecule has 1 fully saturated rings. The molecule has 0 saturated heterocycles. The molecule has 1 heterocycles. The highest BCUT2D eigenvalue weighted by atomic mass is 35.5. The van der Waals surface area contributed by atoms with Crippen molar-refractivity contribution in [3.63, 3.8) is 0 Å². The predicted molar refractivity (Wildman–Crippen MR) is 93.6 cm³/mol. The minimum Gasteiger partial charge on any atom is -0.324 e. The highest BCUT2D eigenvalue weighted by Gasteiger charge is 2.36. The lowest BCUT2D eigenvalue weighted by atomic mass is 9.98. The van der Waals surface area contributed by atoms with Gasteiger partial charge in [-0.05, 0) is 44.0 Å². The van der Waals surface area contributed by atoms with Gasteiger partial charge < -0.3 is 11.1 Å². The Kier molecular flexibility index (Phi) is 5.21. The Morgan fingerprint density at radius 3 is 2.45 bits per heavy atom. The summed E-state index contributed by atoms with van der Waals surface area (Å²) in [7, 11) is 0. The summed E-state index contributed by atoms with van der Waals surface area (Å²) in [4.78, 5) is 16.7. The molecule has 0 atom stereocenters. The maximum absolute atomic E-state index is 12.2. The van der Waals surface area contributed by atoms with Crippen LogP contribution in [0.3, 0.4) is 0 Å². The minimum atomic E-state index is -0.689. The fourth-order valence-electron chi connectivity index (χ4n) is 2.67. The van der Waals surface area contributed by atoms with Crippen molar-refractivity contribution in [3.05, 3.63) is 35.3 Å². The van der Waals surface area contributed by atoms with Crippen molar-refractivity contribution in [2.75, 3.05) is 5.32 Å². The number of anilines is 1. The number of amides is 1. The van der Waals surface area contributed by atoms with Crippen molar-refractivity contribution in [2.24, 2.45) is 5.73 Å². The Morgan fingerprint density at radius 1 is 1.27 bits per heavy atom. The number of benzene rings is 1. The highest BCUT2D eigenvalue weighted by molar-refractivity contribution is 7.13. The molecule has 0 spiro atoms. The largest absolute Gasteiger partial charge is 0.324 e. The molecule has 1 amide bonds. The molecular formula is C16H20ClN3OS. The molecule has 0 aliphatic heterocycles. The maximum Gasteiger partial charge on any atom is 0.244 e. The van der Waals surface area contributed by atoms with Gasteiger partial charge in [-0.1, -0.05) is 12.8 Å². The van der Waals surface area contributed by atoms with Crippen LogP contribution in [0, 0.1) is 6.92 Å². The SMILES string of the molecule is Cc1csc(-c2ccc(NC(=O)C3(N)CCCC3)cc2)n1.Cl. The molecule has 3 N–H and O–H groups in total. The number of aromatic nitrogens is 1. The molecule has 1 saturated carbocycles. The van der Waals surface area contributed by atoms with Crippen LogP contribution in [0.4, 0.5) is 5.69 Å². The summed E-state index contributed by atoms with van der Waals surface area (Å²) < 4.78 is 0. The van der Waals surface area contributed by atoms with Gasteiger partial charge in [0.05, 0.1) is 5.54 Å². The zero-order chi connectivity index (χ0) is 14.9. The van der Waals surface area contributed by atoms with E-state index in [0.29, 0.717) is 0 Å². The van der Waals surface area contributed by atoms with Crippen molar-refractivity contribution in [1.29, 1.82) is 0 Å². The molecule has 118 valence electrons. The van der Waals surface area contributed by atoms with Crippen LogP contribution in [0.2, 0.25) is 0 Å². The number of aryl methyl sites for hydroxylation is 1. The molecule has 4 nitrogen and oxygen atoms in total. The minimum absolute atomic E-state index is 0. The van der Waals surface area contributed by atoms with E-state index in [1.807, 2.05) is 36.6 Å². The Bertz CT molecular complexity index is 648. The zero-order valence-electron chi connectivity index (χ0n) is 12.5. The van der Waals surface area contributed by atoms with E-state index >= 15 is 0 Å². The van der Waals surface area contributed by atoms with Crippen LogP contribution in [-0.2, 0) is 4.79 Å². The number of carbonyl (C=O) groups is 1. The second-order valence-corrected chi connectivity index (χ2v) is 6.55. The Labute approximate surface area is 140 Å². The lowest BCUT2D eigenvalue weighted by Crippen LogP contribution is -2.48. The van der Waals surface area contributed by atoms with E-state index in [9.17, 15) is 4.79 Å². The average Bonchev–Trinajstić information content (AvgIpc) is 3.09.